The average molecular weight is 292 g/mol. The first kappa shape index (κ1) is 15.6. The Morgan fingerprint density at radius 1 is 1.24 bits per heavy atom. The van der Waals surface area contributed by atoms with Gasteiger partial charge in [-0.2, -0.15) is 0 Å². The Kier molecular flexibility index (Phi) is 5.04. The summed E-state index contributed by atoms with van der Waals surface area (Å²) < 4.78 is 5.18. The number of likely N-dealkylation sites (tertiary alicyclic amines) is 1. The number of furan rings is 1. The number of hydrogen-bond acceptors (Lipinski definition) is 3. The minimum absolute atomic E-state index is 0.0821. The second-order valence-electron chi connectivity index (χ2n) is 6.09. The van der Waals surface area contributed by atoms with Crippen LogP contribution in [0.25, 0.3) is 0 Å². The Bertz CT molecular complexity index is 472. The van der Waals surface area contributed by atoms with E-state index in [0.29, 0.717) is 12.3 Å². The molecule has 5 nitrogen and oxygen atoms in total. The lowest BCUT2D eigenvalue weighted by Crippen LogP contribution is -2.49. The molecule has 2 heterocycles. The van der Waals surface area contributed by atoms with Crippen LogP contribution in [0.2, 0.25) is 0 Å². The summed E-state index contributed by atoms with van der Waals surface area (Å²) in [6.45, 7) is 5.21. The third kappa shape index (κ3) is 3.86. The van der Waals surface area contributed by atoms with Gasteiger partial charge in [0.1, 0.15) is 11.2 Å². The van der Waals surface area contributed by atoms with Crippen molar-refractivity contribution in [1.29, 1.82) is 0 Å². The molecule has 0 unspecified atom stereocenters. The predicted molar refractivity (Wildman–Crippen MR) is 79.4 cm³/mol. The van der Waals surface area contributed by atoms with Crippen LogP contribution in [0.5, 0.6) is 0 Å². The molecule has 0 aromatic carbocycles. The monoisotopic (exact) mass is 292 g/mol. The number of nitrogens with zero attached hydrogens (tertiary/aromatic N) is 1. The van der Waals surface area contributed by atoms with Crippen LogP contribution in [-0.2, 0) is 16.1 Å². The van der Waals surface area contributed by atoms with Gasteiger partial charge in [-0.05, 0) is 38.8 Å². The first-order chi connectivity index (χ1) is 10.0. The second kappa shape index (κ2) is 6.78. The van der Waals surface area contributed by atoms with Crippen LogP contribution in [0, 0.1) is 5.41 Å². The van der Waals surface area contributed by atoms with Crippen LogP contribution in [0.1, 0.15) is 45.3 Å². The molecule has 1 aromatic heterocycles. The second-order valence-corrected chi connectivity index (χ2v) is 6.09. The maximum absolute atomic E-state index is 12.6. The lowest BCUT2D eigenvalue weighted by atomic mass is 9.90. The zero-order valence-electron chi connectivity index (χ0n) is 12.9. The van der Waals surface area contributed by atoms with Gasteiger partial charge in [0.25, 0.3) is 0 Å². The van der Waals surface area contributed by atoms with Crippen LogP contribution in [0.4, 0.5) is 0 Å². The molecule has 0 bridgehead atoms. The molecule has 1 aromatic rings. The van der Waals surface area contributed by atoms with Crippen molar-refractivity contribution in [3.63, 3.8) is 0 Å². The van der Waals surface area contributed by atoms with Crippen molar-refractivity contribution in [1.82, 2.24) is 10.2 Å². The first-order valence-electron chi connectivity index (χ1n) is 7.62. The Balaban J connectivity index is 1.94. The van der Waals surface area contributed by atoms with Crippen LogP contribution in [0.15, 0.2) is 22.8 Å². The zero-order valence-corrected chi connectivity index (χ0v) is 12.9. The Hall–Kier alpha value is -1.78. The summed E-state index contributed by atoms with van der Waals surface area (Å²) in [5.74, 6) is 0.343. The highest BCUT2D eigenvalue weighted by Gasteiger charge is 2.39. The number of carbonyl (C=O) groups excluding carboxylic acids is 2. The summed E-state index contributed by atoms with van der Waals surface area (Å²) in [5, 5.41) is 2.78. The summed E-state index contributed by atoms with van der Waals surface area (Å²) in [4.78, 5) is 26.8. The molecular formula is C16H24N2O3. The fraction of sp³-hybridized carbons (Fsp3) is 0.625. The minimum Gasteiger partial charge on any atom is -0.467 e. The molecule has 1 fully saturated rings. The molecule has 1 saturated heterocycles. The van der Waals surface area contributed by atoms with E-state index in [9.17, 15) is 9.59 Å². The van der Waals surface area contributed by atoms with Crippen molar-refractivity contribution >= 4 is 11.8 Å². The van der Waals surface area contributed by atoms with Crippen LogP contribution in [0.3, 0.4) is 0 Å². The van der Waals surface area contributed by atoms with Gasteiger partial charge in [-0.15, -0.1) is 0 Å². The molecule has 116 valence electrons. The molecule has 0 radical (unpaired) electrons. The molecule has 1 aliphatic rings. The standard InChI is InChI=1S/C16H24N2O3/c1-16(2,14(19)17-12-13-8-7-11-21-13)15(20)18-9-5-3-4-6-10-18/h7-8,11H,3-6,9-10,12H2,1-2H3,(H,17,19). The summed E-state index contributed by atoms with van der Waals surface area (Å²) in [6.07, 6.45) is 5.94. The number of rotatable bonds is 4. The van der Waals surface area contributed by atoms with E-state index < -0.39 is 5.41 Å². The van der Waals surface area contributed by atoms with Gasteiger partial charge in [-0.1, -0.05) is 12.8 Å². The topological polar surface area (TPSA) is 62.6 Å². The molecule has 0 spiro atoms. The first-order valence-corrected chi connectivity index (χ1v) is 7.62. The van der Waals surface area contributed by atoms with E-state index in [4.69, 9.17) is 4.42 Å². The highest BCUT2D eigenvalue weighted by molar-refractivity contribution is 6.04. The predicted octanol–water partition coefficient (Wildman–Crippen LogP) is 2.32. The summed E-state index contributed by atoms with van der Waals surface area (Å²) in [7, 11) is 0. The van der Waals surface area contributed by atoms with Crippen molar-refractivity contribution in [3.05, 3.63) is 24.2 Å². The molecule has 2 rings (SSSR count). The van der Waals surface area contributed by atoms with Crippen molar-refractivity contribution < 1.29 is 14.0 Å². The number of hydrogen-bond donors (Lipinski definition) is 1. The zero-order chi connectivity index (χ0) is 15.3. The summed E-state index contributed by atoms with van der Waals surface area (Å²) in [6, 6.07) is 3.57. The molecule has 0 aliphatic carbocycles. The van der Waals surface area contributed by atoms with Gasteiger partial charge in [0, 0.05) is 13.1 Å². The van der Waals surface area contributed by atoms with E-state index in [1.807, 2.05) is 4.90 Å². The van der Waals surface area contributed by atoms with Gasteiger partial charge in [-0.25, -0.2) is 0 Å². The number of nitrogens with one attached hydrogen (secondary N) is 1. The largest absolute Gasteiger partial charge is 0.467 e. The minimum atomic E-state index is -1.04. The summed E-state index contributed by atoms with van der Waals surface area (Å²) in [5.41, 5.74) is -1.04. The molecular weight excluding hydrogens is 268 g/mol. The third-order valence-corrected chi connectivity index (χ3v) is 4.00. The van der Waals surface area contributed by atoms with Gasteiger partial charge < -0.3 is 14.6 Å². The van der Waals surface area contributed by atoms with E-state index in [-0.39, 0.29) is 11.8 Å². The molecule has 0 saturated carbocycles. The van der Waals surface area contributed by atoms with Gasteiger partial charge in [0.15, 0.2) is 0 Å². The van der Waals surface area contributed by atoms with E-state index in [2.05, 4.69) is 5.32 Å². The van der Waals surface area contributed by atoms with Gasteiger partial charge in [-0.3, -0.25) is 9.59 Å². The van der Waals surface area contributed by atoms with Crippen molar-refractivity contribution in [2.24, 2.45) is 5.41 Å². The van der Waals surface area contributed by atoms with Crippen LogP contribution >= 0.6 is 0 Å². The SMILES string of the molecule is CC(C)(C(=O)NCc1ccco1)C(=O)N1CCCCCC1. The Morgan fingerprint density at radius 3 is 2.48 bits per heavy atom. The fourth-order valence-corrected chi connectivity index (χ4v) is 2.57. The van der Waals surface area contributed by atoms with Crippen LogP contribution in [-0.4, -0.2) is 29.8 Å². The highest BCUT2D eigenvalue weighted by atomic mass is 16.3. The lowest BCUT2D eigenvalue weighted by Gasteiger charge is -2.30. The Morgan fingerprint density at radius 2 is 1.90 bits per heavy atom. The van der Waals surface area contributed by atoms with E-state index in [0.717, 1.165) is 38.8 Å². The van der Waals surface area contributed by atoms with E-state index in [1.165, 1.54) is 0 Å². The van der Waals surface area contributed by atoms with Crippen molar-refractivity contribution in [2.45, 2.75) is 46.1 Å². The number of carbonyl (C=O) groups is 2. The Labute approximate surface area is 125 Å². The van der Waals surface area contributed by atoms with E-state index in [1.54, 1.807) is 32.2 Å². The summed E-state index contributed by atoms with van der Waals surface area (Å²) >= 11 is 0. The van der Waals surface area contributed by atoms with Crippen molar-refractivity contribution in [3.8, 4) is 0 Å². The molecule has 1 aliphatic heterocycles. The maximum Gasteiger partial charge on any atom is 0.237 e. The van der Waals surface area contributed by atoms with Gasteiger partial charge >= 0.3 is 0 Å². The van der Waals surface area contributed by atoms with Crippen molar-refractivity contribution in [2.75, 3.05) is 13.1 Å². The highest BCUT2D eigenvalue weighted by Crippen LogP contribution is 2.22. The normalized spacial score (nSPS) is 16.4. The maximum atomic E-state index is 12.6. The van der Waals surface area contributed by atoms with Gasteiger partial charge in [0.05, 0.1) is 12.8 Å². The number of amides is 2. The molecule has 1 N–H and O–H groups in total. The van der Waals surface area contributed by atoms with E-state index >= 15 is 0 Å². The molecule has 5 heteroatoms. The molecule has 0 atom stereocenters. The quantitative estimate of drug-likeness (QED) is 0.866. The molecule has 21 heavy (non-hydrogen) atoms. The average Bonchev–Trinajstić information content (AvgIpc) is 2.84. The smallest absolute Gasteiger partial charge is 0.237 e. The van der Waals surface area contributed by atoms with Gasteiger partial charge in [0.2, 0.25) is 11.8 Å². The molecule has 2 amide bonds. The van der Waals surface area contributed by atoms with Crippen LogP contribution < -0.4 is 5.32 Å². The lowest BCUT2D eigenvalue weighted by molar-refractivity contribution is -0.148. The fourth-order valence-electron chi connectivity index (χ4n) is 2.57. The third-order valence-electron chi connectivity index (χ3n) is 4.00.